The number of hydrogen-bond donors (Lipinski definition) is 2. The molecule has 1 unspecified atom stereocenters. The molecule has 6 heteroatoms. The Morgan fingerprint density at radius 2 is 2.10 bits per heavy atom. The molecule has 2 aromatic rings. The van der Waals surface area contributed by atoms with E-state index in [1.165, 1.54) is 6.07 Å². The van der Waals surface area contributed by atoms with Crippen LogP contribution < -0.4 is 11.3 Å². The second kappa shape index (κ2) is 6.47. The molecule has 0 aliphatic heterocycles. The highest BCUT2D eigenvalue weighted by Crippen LogP contribution is 2.28. The first-order valence-corrected chi connectivity index (χ1v) is 7.26. The second-order valence-corrected chi connectivity index (χ2v) is 5.79. The van der Waals surface area contributed by atoms with Crippen LogP contribution in [0.1, 0.15) is 37.2 Å². The van der Waals surface area contributed by atoms with E-state index in [0.717, 1.165) is 10.2 Å². The third kappa shape index (κ3) is 3.08. The van der Waals surface area contributed by atoms with Crippen molar-refractivity contribution >= 4 is 15.9 Å². The summed E-state index contributed by atoms with van der Waals surface area (Å²) in [6.07, 6.45) is 2.20. The molecule has 0 aliphatic carbocycles. The van der Waals surface area contributed by atoms with Gasteiger partial charge in [0, 0.05) is 6.04 Å². The van der Waals surface area contributed by atoms with Crippen molar-refractivity contribution in [2.45, 2.75) is 32.4 Å². The maximum Gasteiger partial charge on any atom is 0.126 e. The Labute approximate surface area is 126 Å². The first-order chi connectivity index (χ1) is 9.54. The van der Waals surface area contributed by atoms with Crippen LogP contribution in [0, 0.1) is 5.82 Å². The van der Waals surface area contributed by atoms with Crippen LogP contribution in [0.5, 0.6) is 0 Å². The Morgan fingerprint density at radius 1 is 1.40 bits per heavy atom. The quantitative estimate of drug-likeness (QED) is 0.649. The largest absolute Gasteiger partial charge is 0.271 e. The van der Waals surface area contributed by atoms with Gasteiger partial charge in [-0.05, 0) is 47.8 Å². The third-order valence-electron chi connectivity index (χ3n) is 3.19. The summed E-state index contributed by atoms with van der Waals surface area (Å²) in [5.41, 5.74) is 4.30. The summed E-state index contributed by atoms with van der Waals surface area (Å²) < 4.78 is 16.5. The Balaban J connectivity index is 2.34. The van der Waals surface area contributed by atoms with Crippen molar-refractivity contribution in [2.24, 2.45) is 5.84 Å². The van der Waals surface area contributed by atoms with Gasteiger partial charge >= 0.3 is 0 Å². The van der Waals surface area contributed by atoms with Gasteiger partial charge in [0.15, 0.2) is 0 Å². The van der Waals surface area contributed by atoms with E-state index in [2.05, 4.69) is 26.5 Å². The predicted octanol–water partition coefficient (Wildman–Crippen LogP) is 3.11. The SMILES string of the molecule is CC(C)n1ncc(Br)c1C(Cc1ccccc1F)NN. The van der Waals surface area contributed by atoms with Crippen molar-refractivity contribution < 1.29 is 4.39 Å². The van der Waals surface area contributed by atoms with Crippen molar-refractivity contribution in [3.05, 3.63) is 52.0 Å². The molecule has 0 aliphatic rings. The van der Waals surface area contributed by atoms with Gasteiger partial charge in [-0.15, -0.1) is 0 Å². The molecule has 0 radical (unpaired) electrons. The number of aromatic nitrogens is 2. The van der Waals surface area contributed by atoms with Gasteiger partial charge in [0.05, 0.1) is 22.4 Å². The van der Waals surface area contributed by atoms with Crippen LogP contribution in [-0.2, 0) is 6.42 Å². The average Bonchev–Trinajstić information content (AvgIpc) is 2.80. The van der Waals surface area contributed by atoms with Crippen LogP contribution in [0.4, 0.5) is 4.39 Å². The van der Waals surface area contributed by atoms with Crippen LogP contribution in [0.3, 0.4) is 0 Å². The van der Waals surface area contributed by atoms with Gasteiger partial charge in [0.25, 0.3) is 0 Å². The molecule has 1 heterocycles. The summed E-state index contributed by atoms with van der Waals surface area (Å²) in [7, 11) is 0. The Morgan fingerprint density at radius 3 is 2.70 bits per heavy atom. The lowest BCUT2D eigenvalue weighted by molar-refractivity contribution is 0.442. The lowest BCUT2D eigenvalue weighted by Crippen LogP contribution is -2.32. The molecule has 0 amide bonds. The molecule has 1 aromatic heterocycles. The number of nitrogens with one attached hydrogen (secondary N) is 1. The van der Waals surface area contributed by atoms with Gasteiger partial charge in [-0.2, -0.15) is 5.10 Å². The molecule has 0 fully saturated rings. The minimum atomic E-state index is -0.223. The summed E-state index contributed by atoms with van der Waals surface area (Å²) in [6, 6.07) is 6.71. The molecule has 0 saturated heterocycles. The molecule has 2 rings (SSSR count). The summed E-state index contributed by atoms with van der Waals surface area (Å²) >= 11 is 3.49. The number of hydrazine groups is 1. The van der Waals surface area contributed by atoms with Crippen molar-refractivity contribution in [3.8, 4) is 0 Å². The number of nitrogens with zero attached hydrogens (tertiary/aromatic N) is 2. The topological polar surface area (TPSA) is 55.9 Å². The minimum Gasteiger partial charge on any atom is -0.271 e. The highest BCUT2D eigenvalue weighted by Gasteiger charge is 2.21. The maximum atomic E-state index is 13.8. The Hall–Kier alpha value is -1.24. The first kappa shape index (κ1) is 15.2. The fourth-order valence-electron chi connectivity index (χ4n) is 2.21. The Kier molecular flexibility index (Phi) is 4.91. The third-order valence-corrected chi connectivity index (χ3v) is 3.80. The van der Waals surface area contributed by atoms with E-state index in [-0.39, 0.29) is 17.9 Å². The molecule has 3 N–H and O–H groups in total. The van der Waals surface area contributed by atoms with Crippen molar-refractivity contribution in [3.63, 3.8) is 0 Å². The van der Waals surface area contributed by atoms with Crippen molar-refractivity contribution in [1.29, 1.82) is 0 Å². The van der Waals surface area contributed by atoms with E-state index in [1.807, 2.05) is 24.6 Å². The second-order valence-electron chi connectivity index (χ2n) is 4.93. The van der Waals surface area contributed by atoms with Crippen molar-refractivity contribution in [2.75, 3.05) is 0 Å². The molecule has 20 heavy (non-hydrogen) atoms. The highest BCUT2D eigenvalue weighted by atomic mass is 79.9. The maximum absolute atomic E-state index is 13.8. The average molecular weight is 341 g/mol. The van der Waals surface area contributed by atoms with Gasteiger partial charge in [0.1, 0.15) is 5.82 Å². The molecule has 0 bridgehead atoms. The summed E-state index contributed by atoms with van der Waals surface area (Å²) in [4.78, 5) is 0. The zero-order chi connectivity index (χ0) is 14.7. The van der Waals surface area contributed by atoms with E-state index in [0.29, 0.717) is 12.0 Å². The molecule has 0 spiro atoms. The molecule has 4 nitrogen and oxygen atoms in total. The molecule has 1 atom stereocenters. The van der Waals surface area contributed by atoms with Crippen LogP contribution in [0.2, 0.25) is 0 Å². The van der Waals surface area contributed by atoms with Crippen molar-refractivity contribution in [1.82, 2.24) is 15.2 Å². The zero-order valence-corrected chi connectivity index (χ0v) is 13.1. The molecule has 0 saturated carbocycles. The molecular weight excluding hydrogens is 323 g/mol. The van der Waals surface area contributed by atoms with E-state index in [1.54, 1.807) is 18.3 Å². The number of rotatable bonds is 5. The Bertz CT molecular complexity index is 582. The van der Waals surface area contributed by atoms with Gasteiger partial charge < -0.3 is 0 Å². The van der Waals surface area contributed by atoms with Crippen LogP contribution in [0.25, 0.3) is 0 Å². The van der Waals surface area contributed by atoms with Gasteiger partial charge in [0.2, 0.25) is 0 Å². The lowest BCUT2D eigenvalue weighted by atomic mass is 10.0. The standard InChI is InChI=1S/C14H18BrFN4/c1-9(2)20-14(11(15)8-18-20)13(19-17)7-10-5-3-4-6-12(10)16/h3-6,8-9,13,19H,7,17H2,1-2H3. The zero-order valence-electron chi connectivity index (χ0n) is 11.5. The number of halogens is 2. The highest BCUT2D eigenvalue weighted by molar-refractivity contribution is 9.10. The minimum absolute atomic E-state index is 0.202. The monoisotopic (exact) mass is 340 g/mol. The van der Waals surface area contributed by atoms with Gasteiger partial charge in [-0.1, -0.05) is 18.2 Å². The molecular formula is C14H18BrFN4. The molecule has 1 aromatic carbocycles. The van der Waals surface area contributed by atoms with Crippen LogP contribution in [-0.4, -0.2) is 9.78 Å². The van der Waals surface area contributed by atoms with Crippen LogP contribution >= 0.6 is 15.9 Å². The van der Waals surface area contributed by atoms with E-state index >= 15 is 0 Å². The summed E-state index contributed by atoms with van der Waals surface area (Å²) in [6.45, 7) is 4.08. The van der Waals surface area contributed by atoms with Crippen LogP contribution in [0.15, 0.2) is 34.9 Å². The lowest BCUT2D eigenvalue weighted by Gasteiger charge is -2.20. The predicted molar refractivity (Wildman–Crippen MR) is 80.5 cm³/mol. The van der Waals surface area contributed by atoms with E-state index < -0.39 is 0 Å². The summed E-state index contributed by atoms with van der Waals surface area (Å²) in [5, 5.41) is 4.33. The van der Waals surface area contributed by atoms with E-state index in [4.69, 9.17) is 5.84 Å². The smallest absolute Gasteiger partial charge is 0.126 e. The molecule has 108 valence electrons. The normalized spacial score (nSPS) is 12.9. The summed E-state index contributed by atoms with van der Waals surface area (Å²) in [5.74, 6) is 5.44. The number of nitrogens with two attached hydrogens (primary N) is 1. The van der Waals surface area contributed by atoms with E-state index in [9.17, 15) is 4.39 Å². The van der Waals surface area contributed by atoms with Gasteiger partial charge in [-0.3, -0.25) is 16.0 Å². The fourth-order valence-corrected chi connectivity index (χ4v) is 2.76. The number of hydrogen-bond acceptors (Lipinski definition) is 3. The van der Waals surface area contributed by atoms with Gasteiger partial charge in [-0.25, -0.2) is 4.39 Å². The first-order valence-electron chi connectivity index (χ1n) is 6.47. The fraction of sp³-hybridized carbons (Fsp3) is 0.357. The number of benzene rings is 1.